The molecule has 5 nitrogen and oxygen atoms in total. The van der Waals surface area contributed by atoms with Gasteiger partial charge in [-0.1, -0.05) is 18.5 Å². The predicted molar refractivity (Wildman–Crippen MR) is 82.6 cm³/mol. The van der Waals surface area contributed by atoms with Crippen molar-refractivity contribution >= 4 is 34.8 Å². The van der Waals surface area contributed by atoms with Crippen molar-refractivity contribution in [1.29, 1.82) is 0 Å². The first kappa shape index (κ1) is 15.0. The fourth-order valence-corrected chi connectivity index (χ4v) is 1.82. The molecule has 2 N–H and O–H groups in total. The highest BCUT2D eigenvalue weighted by atomic mass is 35.5. The van der Waals surface area contributed by atoms with Crippen LogP contribution in [0, 0.1) is 0 Å². The molecule has 2 rings (SSSR count). The number of anilines is 2. The Hall–Kier alpha value is -2.40. The van der Waals surface area contributed by atoms with Crippen molar-refractivity contribution in [2.45, 2.75) is 13.3 Å². The molecule has 0 spiro atoms. The van der Waals surface area contributed by atoms with E-state index in [1.807, 2.05) is 0 Å². The van der Waals surface area contributed by atoms with Gasteiger partial charge in [-0.2, -0.15) is 0 Å². The lowest BCUT2D eigenvalue weighted by molar-refractivity contribution is -0.115. The van der Waals surface area contributed by atoms with Gasteiger partial charge in [-0.25, -0.2) is 0 Å². The molecule has 1 aromatic carbocycles. The molecule has 6 heteroatoms. The van der Waals surface area contributed by atoms with Crippen molar-refractivity contribution in [1.82, 2.24) is 4.98 Å². The number of pyridine rings is 1. The topological polar surface area (TPSA) is 71.1 Å². The molecule has 0 radical (unpaired) electrons. The van der Waals surface area contributed by atoms with Gasteiger partial charge in [0.15, 0.2) is 0 Å². The van der Waals surface area contributed by atoms with E-state index in [9.17, 15) is 9.59 Å². The second kappa shape index (κ2) is 6.85. The second-order valence-corrected chi connectivity index (χ2v) is 4.70. The van der Waals surface area contributed by atoms with Gasteiger partial charge in [-0.3, -0.25) is 14.6 Å². The first-order chi connectivity index (χ1) is 10.1. The van der Waals surface area contributed by atoms with Gasteiger partial charge >= 0.3 is 0 Å². The predicted octanol–water partition coefficient (Wildman–Crippen LogP) is 3.34. The monoisotopic (exact) mass is 303 g/mol. The summed E-state index contributed by atoms with van der Waals surface area (Å²) >= 11 is 5.94. The van der Waals surface area contributed by atoms with Crippen molar-refractivity contribution in [3.05, 3.63) is 53.3 Å². The number of hydrogen-bond acceptors (Lipinski definition) is 3. The molecule has 0 unspecified atom stereocenters. The van der Waals surface area contributed by atoms with Crippen LogP contribution in [0.15, 0.2) is 42.7 Å². The summed E-state index contributed by atoms with van der Waals surface area (Å²) < 4.78 is 0. The summed E-state index contributed by atoms with van der Waals surface area (Å²) in [6, 6.07) is 8.39. The molecular weight excluding hydrogens is 290 g/mol. The number of nitrogens with one attached hydrogen (secondary N) is 2. The lowest BCUT2D eigenvalue weighted by Crippen LogP contribution is -2.13. The van der Waals surface area contributed by atoms with Crippen LogP contribution >= 0.6 is 11.6 Å². The van der Waals surface area contributed by atoms with Gasteiger partial charge in [0.05, 0.1) is 10.6 Å². The molecule has 0 aliphatic rings. The number of halogens is 1. The summed E-state index contributed by atoms with van der Waals surface area (Å²) in [5.74, 6) is -0.396. The minimum Gasteiger partial charge on any atom is -0.326 e. The molecule has 0 saturated heterocycles. The van der Waals surface area contributed by atoms with Crippen molar-refractivity contribution in [2.24, 2.45) is 0 Å². The Morgan fingerprint density at radius 1 is 1.10 bits per heavy atom. The number of carbonyl (C=O) groups excluding carboxylic acids is 2. The van der Waals surface area contributed by atoms with Gasteiger partial charge < -0.3 is 10.6 Å². The maximum atomic E-state index is 12.0. The van der Waals surface area contributed by atoms with E-state index in [1.165, 1.54) is 12.4 Å². The zero-order chi connectivity index (χ0) is 15.2. The number of nitrogens with zero attached hydrogens (tertiary/aromatic N) is 1. The van der Waals surface area contributed by atoms with Crippen LogP contribution < -0.4 is 10.6 Å². The van der Waals surface area contributed by atoms with Crippen LogP contribution in [0.25, 0.3) is 0 Å². The van der Waals surface area contributed by atoms with E-state index in [1.54, 1.807) is 37.3 Å². The molecular formula is C15H14ClN3O2. The van der Waals surface area contributed by atoms with Gasteiger partial charge in [-0.05, 0) is 30.3 Å². The number of aromatic nitrogens is 1. The maximum absolute atomic E-state index is 12.0. The minimum atomic E-state index is -0.335. The lowest BCUT2D eigenvalue weighted by Gasteiger charge is -2.08. The molecule has 108 valence electrons. The van der Waals surface area contributed by atoms with E-state index in [0.717, 1.165) is 0 Å². The zero-order valence-corrected chi connectivity index (χ0v) is 12.1. The van der Waals surface area contributed by atoms with Crippen LogP contribution in [0.5, 0.6) is 0 Å². The molecule has 1 heterocycles. The normalized spacial score (nSPS) is 10.0. The Morgan fingerprint density at radius 3 is 2.29 bits per heavy atom. The van der Waals surface area contributed by atoms with Crippen molar-refractivity contribution in [2.75, 3.05) is 10.6 Å². The molecule has 2 aromatic rings. The van der Waals surface area contributed by atoms with Crippen LogP contribution in [-0.4, -0.2) is 16.8 Å². The summed E-state index contributed by atoms with van der Waals surface area (Å²) in [6.45, 7) is 1.78. The third-order valence-electron chi connectivity index (χ3n) is 2.76. The standard InChI is InChI=1S/C15H14ClN3O2/c1-2-14(20)18-10-3-5-11(6-4-10)19-15(21)12-9-17-8-7-13(12)16/h3-9H,2H2,1H3,(H,18,20)(H,19,21). The smallest absolute Gasteiger partial charge is 0.258 e. The first-order valence-corrected chi connectivity index (χ1v) is 6.78. The Labute approximate surface area is 127 Å². The summed E-state index contributed by atoms with van der Waals surface area (Å²) in [4.78, 5) is 27.2. The Balaban J connectivity index is 2.05. The number of carbonyl (C=O) groups is 2. The lowest BCUT2D eigenvalue weighted by atomic mass is 10.2. The van der Waals surface area contributed by atoms with Gasteiger partial charge in [0, 0.05) is 30.2 Å². The average molecular weight is 304 g/mol. The summed E-state index contributed by atoms with van der Waals surface area (Å²) in [5.41, 5.74) is 1.59. The fraction of sp³-hybridized carbons (Fsp3) is 0.133. The van der Waals surface area contributed by atoms with E-state index >= 15 is 0 Å². The van der Waals surface area contributed by atoms with Crippen LogP contribution in [0.1, 0.15) is 23.7 Å². The highest BCUT2D eigenvalue weighted by molar-refractivity contribution is 6.34. The quantitative estimate of drug-likeness (QED) is 0.910. The molecule has 0 aliphatic heterocycles. The Morgan fingerprint density at radius 2 is 1.71 bits per heavy atom. The second-order valence-electron chi connectivity index (χ2n) is 4.29. The van der Waals surface area contributed by atoms with Gasteiger partial charge in [0.1, 0.15) is 0 Å². The third kappa shape index (κ3) is 4.03. The summed E-state index contributed by atoms with van der Waals surface area (Å²) in [6.07, 6.45) is 3.34. The Kier molecular flexibility index (Phi) is 4.90. The SMILES string of the molecule is CCC(=O)Nc1ccc(NC(=O)c2cnccc2Cl)cc1. The van der Waals surface area contributed by atoms with Crippen LogP contribution in [0.4, 0.5) is 11.4 Å². The van der Waals surface area contributed by atoms with Crippen molar-refractivity contribution < 1.29 is 9.59 Å². The molecule has 21 heavy (non-hydrogen) atoms. The fourth-order valence-electron chi connectivity index (χ4n) is 1.63. The van der Waals surface area contributed by atoms with Gasteiger partial charge in [-0.15, -0.1) is 0 Å². The maximum Gasteiger partial charge on any atom is 0.258 e. The van der Waals surface area contributed by atoms with E-state index < -0.39 is 0 Å². The molecule has 0 aliphatic carbocycles. The van der Waals surface area contributed by atoms with Gasteiger partial charge in [0.2, 0.25) is 5.91 Å². The molecule has 0 saturated carbocycles. The van der Waals surface area contributed by atoms with E-state index in [4.69, 9.17) is 11.6 Å². The van der Waals surface area contributed by atoms with Crippen LogP contribution in [-0.2, 0) is 4.79 Å². The summed E-state index contributed by atoms with van der Waals surface area (Å²) in [5, 5.41) is 5.79. The van der Waals surface area contributed by atoms with Gasteiger partial charge in [0.25, 0.3) is 5.91 Å². The molecule has 0 bridgehead atoms. The third-order valence-corrected chi connectivity index (χ3v) is 3.09. The highest BCUT2D eigenvalue weighted by Crippen LogP contribution is 2.18. The van der Waals surface area contributed by atoms with Crippen molar-refractivity contribution in [3.63, 3.8) is 0 Å². The first-order valence-electron chi connectivity index (χ1n) is 6.41. The summed E-state index contributed by atoms with van der Waals surface area (Å²) in [7, 11) is 0. The van der Waals surface area contributed by atoms with Crippen LogP contribution in [0.2, 0.25) is 5.02 Å². The van der Waals surface area contributed by atoms with E-state index in [2.05, 4.69) is 15.6 Å². The average Bonchev–Trinajstić information content (AvgIpc) is 2.49. The number of hydrogen-bond donors (Lipinski definition) is 2. The molecule has 2 amide bonds. The van der Waals surface area contributed by atoms with Crippen LogP contribution in [0.3, 0.4) is 0 Å². The zero-order valence-electron chi connectivity index (χ0n) is 11.4. The molecule has 1 aromatic heterocycles. The highest BCUT2D eigenvalue weighted by Gasteiger charge is 2.10. The number of rotatable bonds is 4. The molecule has 0 atom stereocenters. The Bertz CT molecular complexity index is 656. The van der Waals surface area contributed by atoms with Crippen molar-refractivity contribution in [3.8, 4) is 0 Å². The number of amides is 2. The minimum absolute atomic E-state index is 0.0612. The molecule has 0 fully saturated rings. The van der Waals surface area contributed by atoms with E-state index in [0.29, 0.717) is 28.4 Å². The number of benzene rings is 1. The van der Waals surface area contributed by atoms with E-state index in [-0.39, 0.29) is 11.8 Å². The largest absolute Gasteiger partial charge is 0.326 e.